The third kappa shape index (κ3) is 7.27. The Bertz CT molecular complexity index is 809. The summed E-state index contributed by atoms with van der Waals surface area (Å²) >= 11 is 0. The molecule has 0 aromatic heterocycles. The summed E-state index contributed by atoms with van der Waals surface area (Å²) in [6.07, 6.45) is 1.89. The van der Waals surface area contributed by atoms with Gasteiger partial charge < -0.3 is 15.5 Å². The number of hydrogen-bond acceptors (Lipinski definition) is 4. The van der Waals surface area contributed by atoms with Crippen molar-refractivity contribution >= 4 is 45.5 Å². The number of aryl methyl sites for hydroxylation is 1. The maximum absolute atomic E-state index is 14.2. The fourth-order valence-electron chi connectivity index (χ4n) is 3.18. The van der Waals surface area contributed by atoms with Crippen LogP contribution in [0.1, 0.15) is 39.2 Å². The zero-order chi connectivity index (χ0) is 20.9. The summed E-state index contributed by atoms with van der Waals surface area (Å²) < 4.78 is 37.9. The molecule has 166 valence electrons. The number of nitrogens with one attached hydrogen (secondary N) is 2. The average Bonchev–Trinajstić information content (AvgIpc) is 2.62. The van der Waals surface area contributed by atoms with Crippen LogP contribution in [0.5, 0.6) is 0 Å². The molecule has 1 fully saturated rings. The molecule has 1 unspecified atom stereocenters. The first-order valence-electron chi connectivity index (χ1n) is 9.74. The van der Waals surface area contributed by atoms with Gasteiger partial charge in [0.05, 0.1) is 16.2 Å². The number of piperidine rings is 1. The summed E-state index contributed by atoms with van der Waals surface area (Å²) in [7, 11) is -1.52. The van der Waals surface area contributed by atoms with Gasteiger partial charge in [-0.05, 0) is 58.2 Å². The molecule has 0 amide bonds. The first-order valence-corrected chi connectivity index (χ1v) is 11.4. The van der Waals surface area contributed by atoms with E-state index in [1.54, 1.807) is 33.9 Å². The van der Waals surface area contributed by atoms with Gasteiger partial charge in [0.15, 0.2) is 15.8 Å². The van der Waals surface area contributed by atoms with Crippen molar-refractivity contribution in [3.63, 3.8) is 0 Å². The molecule has 2 rings (SSSR count). The fraction of sp³-hybridized carbons (Fsp3) is 0.650. The molecule has 0 spiro atoms. The molecule has 1 atom stereocenters. The lowest BCUT2D eigenvalue weighted by Crippen LogP contribution is -2.52. The van der Waals surface area contributed by atoms with Crippen molar-refractivity contribution in [2.45, 2.75) is 51.3 Å². The summed E-state index contributed by atoms with van der Waals surface area (Å²) in [6.45, 7) is 8.85. The number of halogens is 2. The third-order valence-corrected chi connectivity index (χ3v) is 7.63. The Kier molecular flexibility index (Phi) is 9.65. The number of hydrogen-bond donors (Lipinski definition) is 2. The van der Waals surface area contributed by atoms with Gasteiger partial charge in [-0.15, -0.1) is 24.0 Å². The predicted molar refractivity (Wildman–Crippen MR) is 130 cm³/mol. The summed E-state index contributed by atoms with van der Waals surface area (Å²) in [6, 6.07) is 5.27. The second-order valence-corrected chi connectivity index (χ2v) is 11.2. The van der Waals surface area contributed by atoms with E-state index in [0.717, 1.165) is 24.9 Å². The van der Waals surface area contributed by atoms with Crippen LogP contribution in [0.2, 0.25) is 0 Å². The van der Waals surface area contributed by atoms with Crippen LogP contribution in [-0.2, 0) is 9.84 Å². The normalized spacial score (nSPS) is 18.2. The lowest BCUT2D eigenvalue weighted by molar-refractivity contribution is 0.463. The number of aliphatic imine (C=N–C) groups is 1. The second-order valence-electron chi connectivity index (χ2n) is 8.31. The van der Waals surface area contributed by atoms with Gasteiger partial charge in [0.1, 0.15) is 5.82 Å². The van der Waals surface area contributed by atoms with Crippen LogP contribution < -0.4 is 15.5 Å². The molecule has 1 aliphatic rings. The van der Waals surface area contributed by atoms with Crippen LogP contribution in [0.3, 0.4) is 0 Å². The Labute approximate surface area is 191 Å². The molecule has 0 bridgehead atoms. The minimum absolute atomic E-state index is 0. The van der Waals surface area contributed by atoms with E-state index in [2.05, 4.69) is 20.5 Å². The molecule has 2 N–H and O–H groups in total. The lowest BCUT2D eigenvalue weighted by Gasteiger charge is -2.35. The maximum Gasteiger partial charge on any atom is 0.191 e. The third-order valence-electron chi connectivity index (χ3n) is 5.02. The van der Waals surface area contributed by atoms with Crippen LogP contribution >= 0.6 is 24.0 Å². The van der Waals surface area contributed by atoms with Crippen molar-refractivity contribution in [3.8, 4) is 0 Å². The van der Waals surface area contributed by atoms with Gasteiger partial charge in [-0.3, -0.25) is 4.99 Å². The maximum atomic E-state index is 14.2. The number of benzene rings is 1. The molecular formula is C20H34FIN4O2S. The Hall–Kier alpha value is -1.10. The van der Waals surface area contributed by atoms with E-state index in [0.29, 0.717) is 24.7 Å². The van der Waals surface area contributed by atoms with E-state index in [9.17, 15) is 12.8 Å². The number of rotatable bonds is 5. The zero-order valence-corrected chi connectivity index (χ0v) is 21.1. The largest absolute Gasteiger partial charge is 0.367 e. The van der Waals surface area contributed by atoms with Gasteiger partial charge in [0, 0.05) is 32.7 Å². The predicted octanol–water partition coefficient (Wildman–Crippen LogP) is 3.10. The highest BCUT2D eigenvalue weighted by Gasteiger charge is 2.28. The van der Waals surface area contributed by atoms with Crippen molar-refractivity contribution in [1.82, 2.24) is 10.6 Å². The minimum Gasteiger partial charge on any atom is -0.367 e. The summed E-state index contributed by atoms with van der Waals surface area (Å²) in [5, 5.41) is 6.43. The van der Waals surface area contributed by atoms with E-state index >= 15 is 0 Å². The standard InChI is InChI=1S/C20H33FN4O2S.HI/c1-15-8-9-17(21)18(13-15)25-11-6-7-16(14-25)24-19(22-5)23-10-12-28(26,27)20(2,3)4;/h8-9,13,16H,6-7,10-12,14H2,1-5H3,(H2,22,23,24);1H. The molecule has 0 radical (unpaired) electrons. The van der Waals surface area contributed by atoms with Crippen molar-refractivity contribution < 1.29 is 12.8 Å². The summed E-state index contributed by atoms with van der Waals surface area (Å²) in [4.78, 5) is 6.26. The molecule has 0 saturated carbocycles. The number of sulfone groups is 1. The van der Waals surface area contributed by atoms with Crippen LogP contribution in [-0.4, -0.2) is 57.6 Å². The highest BCUT2D eigenvalue weighted by Crippen LogP contribution is 2.24. The average molecular weight is 540 g/mol. The van der Waals surface area contributed by atoms with Gasteiger partial charge in [0.2, 0.25) is 0 Å². The van der Waals surface area contributed by atoms with Crippen LogP contribution in [0, 0.1) is 12.7 Å². The van der Waals surface area contributed by atoms with Crippen molar-refractivity contribution in [3.05, 3.63) is 29.6 Å². The first kappa shape index (κ1) is 25.9. The monoisotopic (exact) mass is 540 g/mol. The summed E-state index contributed by atoms with van der Waals surface area (Å²) in [5.74, 6) is 0.407. The van der Waals surface area contributed by atoms with Gasteiger partial charge in [-0.2, -0.15) is 0 Å². The van der Waals surface area contributed by atoms with E-state index in [1.165, 1.54) is 6.07 Å². The van der Waals surface area contributed by atoms with Gasteiger partial charge in [-0.25, -0.2) is 12.8 Å². The number of guanidine groups is 1. The molecule has 1 aromatic carbocycles. The van der Waals surface area contributed by atoms with Crippen molar-refractivity contribution in [2.75, 3.05) is 37.3 Å². The fourth-order valence-corrected chi connectivity index (χ4v) is 4.16. The van der Waals surface area contributed by atoms with Crippen LogP contribution in [0.15, 0.2) is 23.2 Å². The molecule has 1 heterocycles. The second kappa shape index (κ2) is 10.8. The van der Waals surface area contributed by atoms with Crippen molar-refractivity contribution in [2.24, 2.45) is 4.99 Å². The molecule has 0 aliphatic carbocycles. The van der Waals surface area contributed by atoms with Gasteiger partial charge >= 0.3 is 0 Å². The lowest BCUT2D eigenvalue weighted by atomic mass is 10.0. The minimum atomic E-state index is -3.18. The highest BCUT2D eigenvalue weighted by atomic mass is 127. The Morgan fingerprint density at radius 1 is 1.34 bits per heavy atom. The Morgan fingerprint density at radius 2 is 2.03 bits per heavy atom. The zero-order valence-electron chi connectivity index (χ0n) is 18.0. The number of nitrogens with zero attached hydrogens (tertiary/aromatic N) is 2. The SMILES string of the molecule is CN=C(NCCS(=O)(=O)C(C)(C)C)NC1CCCN(c2cc(C)ccc2F)C1.I. The van der Waals surface area contributed by atoms with E-state index in [-0.39, 0.29) is 41.6 Å². The molecule has 1 aromatic rings. The van der Waals surface area contributed by atoms with Crippen molar-refractivity contribution in [1.29, 1.82) is 0 Å². The molecule has 6 nitrogen and oxygen atoms in total. The van der Waals surface area contributed by atoms with Gasteiger partial charge in [0.25, 0.3) is 0 Å². The van der Waals surface area contributed by atoms with E-state index in [4.69, 9.17) is 0 Å². The number of anilines is 1. The molecule has 1 aliphatic heterocycles. The molecule has 29 heavy (non-hydrogen) atoms. The van der Waals surface area contributed by atoms with E-state index < -0.39 is 14.6 Å². The van der Waals surface area contributed by atoms with E-state index in [1.807, 2.05) is 13.0 Å². The molecular weight excluding hydrogens is 506 g/mol. The molecule has 9 heteroatoms. The smallest absolute Gasteiger partial charge is 0.191 e. The van der Waals surface area contributed by atoms with Crippen LogP contribution in [0.4, 0.5) is 10.1 Å². The Morgan fingerprint density at radius 3 is 2.66 bits per heavy atom. The van der Waals surface area contributed by atoms with Crippen LogP contribution in [0.25, 0.3) is 0 Å². The van der Waals surface area contributed by atoms with Gasteiger partial charge in [-0.1, -0.05) is 6.07 Å². The highest BCUT2D eigenvalue weighted by molar-refractivity contribution is 14.0. The Balaban J connectivity index is 0.00000420. The molecule has 1 saturated heterocycles. The first-order chi connectivity index (χ1) is 13.0. The summed E-state index contributed by atoms with van der Waals surface area (Å²) in [5.41, 5.74) is 1.66. The quantitative estimate of drug-likeness (QED) is 0.341. The topological polar surface area (TPSA) is 73.8 Å².